The molecule has 26 heavy (non-hydrogen) atoms. The second-order valence-corrected chi connectivity index (χ2v) is 6.53. The van der Waals surface area contributed by atoms with Crippen molar-refractivity contribution in [3.8, 4) is 0 Å². The molecule has 0 aliphatic carbocycles. The lowest BCUT2D eigenvalue weighted by Crippen LogP contribution is -2.59. The van der Waals surface area contributed by atoms with E-state index in [-0.39, 0.29) is 17.9 Å². The van der Waals surface area contributed by atoms with E-state index in [0.29, 0.717) is 25.9 Å². The predicted molar refractivity (Wildman–Crippen MR) is 97.0 cm³/mol. The molecular formula is C19H23N3O4. The van der Waals surface area contributed by atoms with Crippen LogP contribution in [0.3, 0.4) is 0 Å². The van der Waals surface area contributed by atoms with Crippen LogP contribution in [0.15, 0.2) is 36.4 Å². The highest BCUT2D eigenvalue weighted by molar-refractivity contribution is 6.03. The minimum Gasteiger partial charge on any atom is -0.465 e. The van der Waals surface area contributed by atoms with Gasteiger partial charge in [0.15, 0.2) is 0 Å². The van der Waals surface area contributed by atoms with Gasteiger partial charge in [0.1, 0.15) is 6.04 Å². The van der Waals surface area contributed by atoms with Gasteiger partial charge in [0.2, 0.25) is 5.91 Å². The summed E-state index contributed by atoms with van der Waals surface area (Å²) in [6.45, 7) is 2.94. The summed E-state index contributed by atoms with van der Waals surface area (Å²) in [4.78, 5) is 38.6. The fourth-order valence-electron chi connectivity index (χ4n) is 3.31. The molecule has 2 N–H and O–H groups in total. The largest absolute Gasteiger partial charge is 0.465 e. The number of carbonyl (C=O) groups excluding carboxylic acids is 2. The first kappa shape index (κ1) is 18.0. The molecule has 1 saturated heterocycles. The van der Waals surface area contributed by atoms with Crippen LogP contribution in [0.5, 0.6) is 0 Å². The molecule has 1 aromatic carbocycles. The summed E-state index contributed by atoms with van der Waals surface area (Å²) < 4.78 is 0. The number of rotatable bonds is 5. The molecule has 0 radical (unpaired) electrons. The van der Waals surface area contributed by atoms with Gasteiger partial charge < -0.3 is 15.3 Å². The molecule has 0 aromatic heterocycles. The lowest BCUT2D eigenvalue weighted by atomic mass is 10.0. The lowest BCUT2D eigenvalue weighted by Gasteiger charge is -2.37. The van der Waals surface area contributed by atoms with Crippen LogP contribution in [0.4, 0.5) is 10.5 Å². The van der Waals surface area contributed by atoms with E-state index in [1.165, 1.54) is 6.08 Å². The SMILES string of the molecule is CC[C@@H](C=CC(=O)N1CCc2ccccc21)NC(=O)[C@@H]1CCN1C(=O)O. The second-order valence-electron chi connectivity index (χ2n) is 6.53. The maximum atomic E-state index is 12.5. The quantitative estimate of drug-likeness (QED) is 0.786. The van der Waals surface area contributed by atoms with Gasteiger partial charge in [-0.3, -0.25) is 14.5 Å². The van der Waals surface area contributed by atoms with E-state index in [0.717, 1.165) is 22.6 Å². The Kier molecular flexibility index (Phi) is 5.25. The van der Waals surface area contributed by atoms with Crippen LogP contribution in [-0.2, 0) is 16.0 Å². The molecule has 1 aromatic rings. The standard InChI is InChI=1S/C19H23N3O4/c1-2-14(20-18(24)16-10-12-22(16)19(25)26)7-8-17(23)21-11-9-13-5-3-4-6-15(13)21/h3-8,14,16H,2,9-12H2,1H3,(H,20,24)(H,25,26)/t14-,16-/m0/s1. The number of carboxylic acid groups (broad SMARTS) is 1. The van der Waals surface area contributed by atoms with Crippen molar-refractivity contribution in [2.75, 3.05) is 18.0 Å². The molecule has 0 unspecified atom stereocenters. The number of para-hydroxylation sites is 1. The molecule has 0 spiro atoms. The Hall–Kier alpha value is -2.83. The number of nitrogens with zero attached hydrogens (tertiary/aromatic N) is 2. The van der Waals surface area contributed by atoms with E-state index in [9.17, 15) is 14.4 Å². The van der Waals surface area contributed by atoms with E-state index < -0.39 is 12.1 Å². The Morgan fingerprint density at radius 1 is 1.31 bits per heavy atom. The van der Waals surface area contributed by atoms with Crippen LogP contribution >= 0.6 is 0 Å². The lowest BCUT2D eigenvalue weighted by molar-refractivity contribution is -0.130. The van der Waals surface area contributed by atoms with Gasteiger partial charge in [0.25, 0.3) is 5.91 Å². The molecule has 138 valence electrons. The van der Waals surface area contributed by atoms with Gasteiger partial charge in [-0.15, -0.1) is 0 Å². The molecule has 2 atom stereocenters. The number of fused-ring (bicyclic) bond motifs is 1. The van der Waals surface area contributed by atoms with E-state index >= 15 is 0 Å². The Bertz CT molecular complexity index is 746. The van der Waals surface area contributed by atoms with Crippen LogP contribution in [0.2, 0.25) is 0 Å². The van der Waals surface area contributed by atoms with Crippen molar-refractivity contribution >= 4 is 23.6 Å². The minimum atomic E-state index is -1.08. The normalized spacial score (nSPS) is 19.8. The van der Waals surface area contributed by atoms with E-state index in [2.05, 4.69) is 5.32 Å². The highest BCUT2D eigenvalue weighted by Crippen LogP contribution is 2.27. The first-order valence-corrected chi connectivity index (χ1v) is 8.88. The van der Waals surface area contributed by atoms with Crippen molar-refractivity contribution in [2.45, 2.75) is 38.3 Å². The molecule has 7 nitrogen and oxygen atoms in total. The van der Waals surface area contributed by atoms with Crippen molar-refractivity contribution in [1.29, 1.82) is 0 Å². The third kappa shape index (κ3) is 3.56. The molecule has 2 heterocycles. The second kappa shape index (κ2) is 7.59. The smallest absolute Gasteiger partial charge is 0.407 e. The van der Waals surface area contributed by atoms with Gasteiger partial charge in [-0.05, 0) is 30.9 Å². The number of carbonyl (C=O) groups is 3. The summed E-state index contributed by atoms with van der Waals surface area (Å²) in [5.74, 6) is -0.424. The molecule has 3 amide bonds. The molecule has 2 aliphatic rings. The Morgan fingerprint density at radius 2 is 2.08 bits per heavy atom. The molecule has 7 heteroatoms. The molecular weight excluding hydrogens is 334 g/mol. The summed E-state index contributed by atoms with van der Waals surface area (Å²) in [6.07, 6.45) is 4.09. The Morgan fingerprint density at radius 3 is 2.73 bits per heavy atom. The summed E-state index contributed by atoms with van der Waals surface area (Å²) in [6, 6.07) is 6.90. The van der Waals surface area contributed by atoms with E-state index in [1.54, 1.807) is 11.0 Å². The number of anilines is 1. The average Bonchev–Trinajstić information content (AvgIpc) is 3.00. The number of nitrogens with one attached hydrogen (secondary N) is 1. The van der Waals surface area contributed by atoms with Crippen LogP contribution in [0, 0.1) is 0 Å². The molecule has 0 saturated carbocycles. The van der Waals surface area contributed by atoms with Gasteiger partial charge in [-0.1, -0.05) is 31.2 Å². The van der Waals surface area contributed by atoms with Crippen LogP contribution < -0.4 is 10.2 Å². The zero-order chi connectivity index (χ0) is 18.7. The van der Waals surface area contributed by atoms with Crippen LogP contribution in [0.25, 0.3) is 0 Å². The van der Waals surface area contributed by atoms with Crippen LogP contribution in [-0.4, -0.2) is 53.1 Å². The number of hydrogen-bond acceptors (Lipinski definition) is 3. The predicted octanol–water partition coefficient (Wildman–Crippen LogP) is 1.78. The molecule has 2 aliphatic heterocycles. The monoisotopic (exact) mass is 357 g/mol. The fraction of sp³-hybridized carbons (Fsp3) is 0.421. The van der Waals surface area contributed by atoms with Crippen molar-refractivity contribution < 1.29 is 19.5 Å². The summed E-state index contributed by atoms with van der Waals surface area (Å²) in [7, 11) is 0. The fourth-order valence-corrected chi connectivity index (χ4v) is 3.31. The maximum Gasteiger partial charge on any atom is 0.407 e. The maximum absolute atomic E-state index is 12.5. The number of benzene rings is 1. The van der Waals surface area contributed by atoms with Gasteiger partial charge in [0, 0.05) is 30.9 Å². The topological polar surface area (TPSA) is 90.0 Å². The number of likely N-dealkylation sites (tertiary alicyclic amines) is 1. The van der Waals surface area contributed by atoms with Crippen LogP contribution in [0.1, 0.15) is 25.3 Å². The van der Waals surface area contributed by atoms with E-state index in [1.807, 2.05) is 31.2 Å². The van der Waals surface area contributed by atoms with Gasteiger partial charge in [-0.25, -0.2) is 4.79 Å². The first-order chi connectivity index (χ1) is 12.5. The summed E-state index contributed by atoms with van der Waals surface area (Å²) in [5, 5.41) is 11.8. The van der Waals surface area contributed by atoms with Crippen molar-refractivity contribution in [2.24, 2.45) is 0 Å². The van der Waals surface area contributed by atoms with Crippen molar-refractivity contribution in [1.82, 2.24) is 10.2 Å². The highest BCUT2D eigenvalue weighted by atomic mass is 16.4. The van der Waals surface area contributed by atoms with E-state index in [4.69, 9.17) is 5.11 Å². The van der Waals surface area contributed by atoms with Crippen molar-refractivity contribution in [3.63, 3.8) is 0 Å². The van der Waals surface area contributed by atoms with Gasteiger partial charge >= 0.3 is 6.09 Å². The zero-order valence-electron chi connectivity index (χ0n) is 14.7. The Balaban J connectivity index is 1.59. The molecule has 0 bridgehead atoms. The van der Waals surface area contributed by atoms with Gasteiger partial charge in [-0.2, -0.15) is 0 Å². The Labute approximate surface area is 152 Å². The van der Waals surface area contributed by atoms with Crippen molar-refractivity contribution in [3.05, 3.63) is 42.0 Å². The molecule has 1 fully saturated rings. The molecule has 3 rings (SSSR count). The third-order valence-corrected chi connectivity index (χ3v) is 4.96. The number of amides is 3. The minimum absolute atomic E-state index is 0.113. The third-order valence-electron chi connectivity index (χ3n) is 4.96. The summed E-state index contributed by atoms with van der Waals surface area (Å²) in [5.41, 5.74) is 2.10. The van der Waals surface area contributed by atoms with Gasteiger partial charge in [0.05, 0.1) is 0 Å². The highest BCUT2D eigenvalue weighted by Gasteiger charge is 2.37. The summed E-state index contributed by atoms with van der Waals surface area (Å²) >= 11 is 0. The zero-order valence-corrected chi connectivity index (χ0v) is 14.7. The average molecular weight is 357 g/mol. The number of hydrogen-bond donors (Lipinski definition) is 2. The first-order valence-electron chi connectivity index (χ1n) is 8.88.